The minimum absolute atomic E-state index is 0.125. The Bertz CT molecular complexity index is 451. The van der Waals surface area contributed by atoms with Crippen LogP contribution in [0, 0.1) is 5.92 Å². The summed E-state index contributed by atoms with van der Waals surface area (Å²) in [5, 5.41) is 2.73. The number of anilines is 1. The second kappa shape index (κ2) is 7.63. The van der Waals surface area contributed by atoms with Crippen molar-refractivity contribution in [2.75, 3.05) is 17.8 Å². The number of hydrogen-bond acceptors (Lipinski definition) is 3. The minimum atomic E-state index is -0.433. The van der Waals surface area contributed by atoms with Crippen molar-refractivity contribution in [3.63, 3.8) is 0 Å². The molecule has 1 rings (SSSR count). The zero-order chi connectivity index (χ0) is 14.3. The Hall–Kier alpha value is -1.75. The van der Waals surface area contributed by atoms with Crippen molar-refractivity contribution < 1.29 is 14.3 Å². The molecule has 6 heteroatoms. The molecule has 0 radical (unpaired) electrons. The van der Waals surface area contributed by atoms with E-state index in [0.29, 0.717) is 11.4 Å². The third-order valence-corrected chi connectivity index (χ3v) is 2.89. The molecule has 1 aromatic carbocycles. The SMILES string of the molecule is CC(CCl)C(=O)Nc1ccccc1OCCC(N)=O. The van der Waals surface area contributed by atoms with Gasteiger partial charge >= 0.3 is 0 Å². The molecule has 0 aliphatic carbocycles. The summed E-state index contributed by atoms with van der Waals surface area (Å²) in [7, 11) is 0. The first-order chi connectivity index (χ1) is 9.04. The van der Waals surface area contributed by atoms with Crippen LogP contribution in [0.1, 0.15) is 13.3 Å². The van der Waals surface area contributed by atoms with E-state index < -0.39 is 5.91 Å². The average molecular weight is 285 g/mol. The van der Waals surface area contributed by atoms with Crippen LogP contribution in [0.4, 0.5) is 5.69 Å². The highest BCUT2D eigenvalue weighted by molar-refractivity contribution is 6.19. The molecular formula is C13H17ClN2O3. The van der Waals surface area contributed by atoms with Gasteiger partial charge in [-0.2, -0.15) is 0 Å². The maximum Gasteiger partial charge on any atom is 0.228 e. The molecule has 0 saturated heterocycles. The van der Waals surface area contributed by atoms with Gasteiger partial charge in [-0.05, 0) is 12.1 Å². The third kappa shape index (κ3) is 5.18. The molecule has 0 aliphatic heterocycles. The summed E-state index contributed by atoms with van der Waals surface area (Å²) >= 11 is 5.63. The fraction of sp³-hybridized carbons (Fsp3) is 0.385. The molecule has 0 bridgehead atoms. The van der Waals surface area contributed by atoms with Gasteiger partial charge in [0.15, 0.2) is 0 Å². The van der Waals surface area contributed by atoms with E-state index in [0.717, 1.165) is 0 Å². The number of nitrogens with two attached hydrogens (primary N) is 1. The van der Waals surface area contributed by atoms with Gasteiger partial charge in [0.2, 0.25) is 11.8 Å². The smallest absolute Gasteiger partial charge is 0.228 e. The zero-order valence-corrected chi connectivity index (χ0v) is 11.4. The normalized spacial score (nSPS) is 11.7. The van der Waals surface area contributed by atoms with Crippen LogP contribution in [0.5, 0.6) is 5.75 Å². The predicted molar refractivity (Wildman–Crippen MR) is 74.3 cm³/mol. The second-order valence-electron chi connectivity index (χ2n) is 4.11. The Kier molecular flexibility index (Phi) is 6.15. The summed E-state index contributed by atoms with van der Waals surface area (Å²) in [5.74, 6) is -0.159. The summed E-state index contributed by atoms with van der Waals surface area (Å²) < 4.78 is 5.41. The number of hydrogen-bond donors (Lipinski definition) is 2. The van der Waals surface area contributed by atoms with Gasteiger partial charge in [-0.3, -0.25) is 9.59 Å². The Balaban J connectivity index is 2.67. The molecule has 19 heavy (non-hydrogen) atoms. The summed E-state index contributed by atoms with van der Waals surface area (Å²) in [6.07, 6.45) is 0.125. The predicted octanol–water partition coefficient (Wildman–Crippen LogP) is 1.75. The van der Waals surface area contributed by atoms with Gasteiger partial charge in [-0.1, -0.05) is 19.1 Å². The van der Waals surface area contributed by atoms with E-state index in [1.54, 1.807) is 31.2 Å². The van der Waals surface area contributed by atoms with Crippen molar-refractivity contribution >= 4 is 29.1 Å². The van der Waals surface area contributed by atoms with Crippen LogP contribution in [-0.2, 0) is 9.59 Å². The fourth-order valence-electron chi connectivity index (χ4n) is 1.28. The van der Waals surface area contributed by atoms with E-state index in [-0.39, 0.29) is 30.7 Å². The van der Waals surface area contributed by atoms with E-state index in [2.05, 4.69) is 5.32 Å². The molecule has 0 saturated carbocycles. The lowest BCUT2D eigenvalue weighted by atomic mass is 10.2. The maximum atomic E-state index is 11.8. The lowest BCUT2D eigenvalue weighted by Crippen LogP contribution is -2.22. The van der Waals surface area contributed by atoms with Gasteiger partial charge in [-0.15, -0.1) is 11.6 Å². The van der Waals surface area contributed by atoms with Gasteiger partial charge in [0.1, 0.15) is 5.75 Å². The summed E-state index contributed by atoms with van der Waals surface area (Å²) in [5.41, 5.74) is 5.58. The monoisotopic (exact) mass is 284 g/mol. The highest BCUT2D eigenvalue weighted by Gasteiger charge is 2.13. The number of halogens is 1. The first-order valence-electron chi connectivity index (χ1n) is 5.91. The number of rotatable bonds is 7. The largest absolute Gasteiger partial charge is 0.491 e. The maximum absolute atomic E-state index is 11.8. The van der Waals surface area contributed by atoms with Gasteiger partial charge in [0.25, 0.3) is 0 Å². The van der Waals surface area contributed by atoms with Crippen molar-refractivity contribution in [1.29, 1.82) is 0 Å². The van der Waals surface area contributed by atoms with Crippen LogP contribution in [0.3, 0.4) is 0 Å². The van der Waals surface area contributed by atoms with Crippen LogP contribution >= 0.6 is 11.6 Å². The van der Waals surface area contributed by atoms with Crippen molar-refractivity contribution in [3.05, 3.63) is 24.3 Å². The van der Waals surface area contributed by atoms with Crippen molar-refractivity contribution in [2.24, 2.45) is 11.7 Å². The number of amides is 2. The molecule has 0 heterocycles. The number of alkyl halides is 1. The average Bonchev–Trinajstić information content (AvgIpc) is 2.39. The molecule has 1 unspecified atom stereocenters. The van der Waals surface area contributed by atoms with E-state index in [9.17, 15) is 9.59 Å². The number of carbonyl (C=O) groups excluding carboxylic acids is 2. The molecule has 1 aromatic rings. The highest BCUT2D eigenvalue weighted by atomic mass is 35.5. The first kappa shape index (κ1) is 15.3. The van der Waals surface area contributed by atoms with Gasteiger partial charge in [0.05, 0.1) is 18.7 Å². The Morgan fingerprint density at radius 2 is 2.11 bits per heavy atom. The number of nitrogens with one attached hydrogen (secondary N) is 1. The van der Waals surface area contributed by atoms with E-state index in [1.165, 1.54) is 0 Å². The van der Waals surface area contributed by atoms with Gasteiger partial charge in [-0.25, -0.2) is 0 Å². The van der Waals surface area contributed by atoms with Crippen molar-refractivity contribution in [1.82, 2.24) is 0 Å². The molecule has 1 atom stereocenters. The third-order valence-electron chi connectivity index (χ3n) is 2.43. The topological polar surface area (TPSA) is 81.4 Å². The lowest BCUT2D eigenvalue weighted by molar-refractivity contribution is -0.119. The van der Waals surface area contributed by atoms with Crippen LogP contribution in [0.15, 0.2) is 24.3 Å². The van der Waals surface area contributed by atoms with E-state index in [1.807, 2.05) is 0 Å². The summed E-state index contributed by atoms with van der Waals surface area (Å²) in [6.45, 7) is 1.91. The number of ether oxygens (including phenoxy) is 1. The molecule has 104 valence electrons. The van der Waals surface area contributed by atoms with Crippen molar-refractivity contribution in [2.45, 2.75) is 13.3 Å². The molecule has 3 N–H and O–H groups in total. The molecule has 0 aromatic heterocycles. The van der Waals surface area contributed by atoms with Gasteiger partial charge < -0.3 is 15.8 Å². The minimum Gasteiger partial charge on any atom is -0.491 e. The van der Waals surface area contributed by atoms with Crippen LogP contribution in [0.25, 0.3) is 0 Å². The summed E-state index contributed by atoms with van der Waals surface area (Å²) in [4.78, 5) is 22.4. The number of primary amides is 1. The van der Waals surface area contributed by atoms with Crippen LogP contribution in [-0.4, -0.2) is 24.3 Å². The molecule has 0 fully saturated rings. The van der Waals surface area contributed by atoms with Crippen LogP contribution in [0.2, 0.25) is 0 Å². The molecule has 0 aliphatic rings. The standard InChI is InChI=1S/C13H17ClN2O3/c1-9(8-14)13(18)16-10-4-2-3-5-11(10)19-7-6-12(15)17/h2-5,9H,6-8H2,1H3,(H2,15,17)(H,16,18). The summed E-state index contributed by atoms with van der Waals surface area (Å²) in [6, 6.07) is 6.99. The lowest BCUT2D eigenvalue weighted by Gasteiger charge is -2.13. The molecule has 0 spiro atoms. The Morgan fingerprint density at radius 1 is 1.42 bits per heavy atom. The molecular weight excluding hydrogens is 268 g/mol. The zero-order valence-electron chi connectivity index (χ0n) is 10.7. The fourth-order valence-corrected chi connectivity index (χ4v) is 1.42. The van der Waals surface area contributed by atoms with E-state index in [4.69, 9.17) is 22.1 Å². The number of para-hydroxylation sites is 2. The van der Waals surface area contributed by atoms with E-state index >= 15 is 0 Å². The van der Waals surface area contributed by atoms with Crippen LogP contribution < -0.4 is 15.8 Å². The quantitative estimate of drug-likeness (QED) is 0.749. The van der Waals surface area contributed by atoms with Gasteiger partial charge in [0, 0.05) is 11.8 Å². The first-order valence-corrected chi connectivity index (χ1v) is 6.45. The molecule has 2 amide bonds. The highest BCUT2D eigenvalue weighted by Crippen LogP contribution is 2.24. The number of benzene rings is 1. The Labute approximate surface area is 117 Å². The second-order valence-corrected chi connectivity index (χ2v) is 4.41. The molecule has 5 nitrogen and oxygen atoms in total. The Morgan fingerprint density at radius 3 is 2.74 bits per heavy atom. The number of carbonyl (C=O) groups is 2. The van der Waals surface area contributed by atoms with Crippen molar-refractivity contribution in [3.8, 4) is 5.75 Å².